The van der Waals surface area contributed by atoms with Crippen molar-refractivity contribution >= 4 is 34.7 Å². The summed E-state index contributed by atoms with van der Waals surface area (Å²) in [5.41, 5.74) is 3.08. The van der Waals surface area contributed by atoms with E-state index in [0.29, 0.717) is 0 Å². The van der Waals surface area contributed by atoms with E-state index in [1.165, 1.54) is 0 Å². The topological polar surface area (TPSA) is 12.9 Å². The highest BCUT2D eigenvalue weighted by Crippen LogP contribution is 2.15. The van der Waals surface area contributed by atoms with Crippen molar-refractivity contribution in [2.24, 2.45) is 0 Å². The molecule has 0 aliphatic heterocycles. The Kier molecular flexibility index (Phi) is 3.30. The Hall–Kier alpha value is -2.12. The first-order valence-electron chi connectivity index (χ1n) is 6.11. The van der Waals surface area contributed by atoms with Gasteiger partial charge in [0.05, 0.1) is 11.2 Å². The minimum atomic E-state index is 0.751. The summed E-state index contributed by atoms with van der Waals surface area (Å²) in [5.74, 6) is 0. The Bertz CT molecular complexity index is 730. The number of rotatable bonds is 2. The number of hydrogen-bond donors (Lipinski definition) is 0. The Morgan fingerprint density at radius 1 is 0.789 bits per heavy atom. The molecule has 0 saturated carbocycles. The number of nitrogens with zero attached hydrogens (tertiary/aromatic N) is 1. The highest BCUT2D eigenvalue weighted by atomic mass is 35.5. The molecule has 1 aromatic heterocycles. The summed E-state index contributed by atoms with van der Waals surface area (Å²) in [5, 5.41) is 1.91. The lowest BCUT2D eigenvalue weighted by Crippen LogP contribution is -1.82. The molecule has 19 heavy (non-hydrogen) atoms. The second kappa shape index (κ2) is 5.25. The zero-order valence-corrected chi connectivity index (χ0v) is 11.0. The molecule has 3 rings (SSSR count). The molecule has 3 aromatic rings. The summed E-state index contributed by atoms with van der Waals surface area (Å²) in [6.07, 6.45) is 4.04. The van der Waals surface area contributed by atoms with Gasteiger partial charge in [-0.3, -0.25) is 0 Å². The minimum absolute atomic E-state index is 0.751. The molecular weight excluding hydrogens is 254 g/mol. The molecule has 0 bridgehead atoms. The monoisotopic (exact) mass is 265 g/mol. The van der Waals surface area contributed by atoms with Gasteiger partial charge in [-0.25, -0.2) is 4.98 Å². The predicted molar refractivity (Wildman–Crippen MR) is 82.1 cm³/mol. The van der Waals surface area contributed by atoms with E-state index >= 15 is 0 Å². The van der Waals surface area contributed by atoms with Gasteiger partial charge >= 0.3 is 0 Å². The Morgan fingerprint density at radius 3 is 2.42 bits per heavy atom. The fourth-order valence-corrected chi connectivity index (χ4v) is 2.06. The average Bonchev–Trinajstić information content (AvgIpc) is 2.46. The van der Waals surface area contributed by atoms with Gasteiger partial charge in [-0.15, -0.1) is 0 Å². The molecule has 0 spiro atoms. The Balaban J connectivity index is 1.90. The zero-order chi connectivity index (χ0) is 13.1. The fraction of sp³-hybridized carbons (Fsp3) is 0. The van der Waals surface area contributed by atoms with Crippen LogP contribution in [-0.2, 0) is 0 Å². The van der Waals surface area contributed by atoms with Crippen molar-refractivity contribution in [2.45, 2.75) is 0 Å². The minimum Gasteiger partial charge on any atom is -0.248 e. The van der Waals surface area contributed by atoms with Crippen LogP contribution in [0.4, 0.5) is 0 Å². The lowest BCUT2D eigenvalue weighted by Gasteiger charge is -1.98. The lowest BCUT2D eigenvalue weighted by atomic mass is 10.1. The van der Waals surface area contributed by atoms with Crippen LogP contribution in [0.5, 0.6) is 0 Å². The average molecular weight is 266 g/mol. The van der Waals surface area contributed by atoms with E-state index in [4.69, 9.17) is 11.6 Å². The van der Waals surface area contributed by atoms with Crippen molar-refractivity contribution in [1.82, 2.24) is 4.98 Å². The van der Waals surface area contributed by atoms with E-state index in [0.717, 1.165) is 27.2 Å². The van der Waals surface area contributed by atoms with Gasteiger partial charge in [-0.1, -0.05) is 54.1 Å². The van der Waals surface area contributed by atoms with Crippen LogP contribution in [0, 0.1) is 0 Å². The molecule has 0 fully saturated rings. The van der Waals surface area contributed by atoms with Crippen LogP contribution in [0.3, 0.4) is 0 Å². The van der Waals surface area contributed by atoms with Crippen LogP contribution in [0.25, 0.3) is 23.1 Å². The Labute approximate surface area is 117 Å². The molecule has 1 nitrogen and oxygen atoms in total. The third-order valence-corrected chi connectivity index (χ3v) is 3.19. The second-order valence-electron chi connectivity index (χ2n) is 4.31. The first kappa shape index (κ1) is 11.9. The van der Waals surface area contributed by atoms with Crippen LogP contribution in [0.15, 0.2) is 60.7 Å². The summed E-state index contributed by atoms with van der Waals surface area (Å²) >= 11 is 5.86. The number of aromatic nitrogens is 1. The molecule has 0 atom stereocenters. The molecule has 0 unspecified atom stereocenters. The first-order chi connectivity index (χ1) is 9.31. The van der Waals surface area contributed by atoms with Crippen molar-refractivity contribution in [3.63, 3.8) is 0 Å². The van der Waals surface area contributed by atoms with Gasteiger partial charge in [0, 0.05) is 10.4 Å². The molecule has 92 valence electrons. The number of para-hydroxylation sites is 1. The van der Waals surface area contributed by atoms with Crippen molar-refractivity contribution < 1.29 is 0 Å². The standard InChI is InChI=1S/C17H12ClN/c18-15-9-5-13(6-10-15)7-11-16-12-8-14-3-1-2-4-17(14)19-16/h1-12H/b11-7+. The maximum atomic E-state index is 5.86. The summed E-state index contributed by atoms with van der Waals surface area (Å²) in [6.45, 7) is 0. The van der Waals surface area contributed by atoms with E-state index in [1.54, 1.807) is 0 Å². The highest BCUT2D eigenvalue weighted by molar-refractivity contribution is 6.30. The molecule has 1 heterocycles. The summed E-state index contributed by atoms with van der Waals surface area (Å²) < 4.78 is 0. The van der Waals surface area contributed by atoms with E-state index in [1.807, 2.05) is 60.7 Å². The molecule has 2 aromatic carbocycles. The molecule has 0 radical (unpaired) electrons. The number of pyridine rings is 1. The largest absolute Gasteiger partial charge is 0.248 e. The zero-order valence-electron chi connectivity index (χ0n) is 10.3. The molecule has 0 saturated heterocycles. The molecule has 0 amide bonds. The molecule has 0 N–H and O–H groups in total. The van der Waals surface area contributed by atoms with Crippen molar-refractivity contribution in [3.05, 3.63) is 76.9 Å². The lowest BCUT2D eigenvalue weighted by molar-refractivity contribution is 1.37. The van der Waals surface area contributed by atoms with E-state index in [2.05, 4.69) is 17.1 Å². The van der Waals surface area contributed by atoms with Gasteiger partial charge in [0.25, 0.3) is 0 Å². The Morgan fingerprint density at radius 2 is 1.58 bits per heavy atom. The van der Waals surface area contributed by atoms with Gasteiger partial charge < -0.3 is 0 Å². The van der Waals surface area contributed by atoms with Crippen LogP contribution in [0.2, 0.25) is 5.02 Å². The van der Waals surface area contributed by atoms with Gasteiger partial charge in [0.1, 0.15) is 0 Å². The normalized spacial score (nSPS) is 11.2. The molecule has 0 aliphatic carbocycles. The molecule has 2 heteroatoms. The van der Waals surface area contributed by atoms with E-state index in [9.17, 15) is 0 Å². The second-order valence-corrected chi connectivity index (χ2v) is 4.75. The summed E-state index contributed by atoms with van der Waals surface area (Å²) in [4.78, 5) is 4.59. The summed E-state index contributed by atoms with van der Waals surface area (Å²) in [7, 11) is 0. The van der Waals surface area contributed by atoms with Gasteiger partial charge in [0.15, 0.2) is 0 Å². The maximum Gasteiger partial charge on any atom is 0.0709 e. The van der Waals surface area contributed by atoms with Crippen LogP contribution < -0.4 is 0 Å². The summed E-state index contributed by atoms with van der Waals surface area (Å²) in [6, 6.07) is 20.0. The van der Waals surface area contributed by atoms with Gasteiger partial charge in [0.2, 0.25) is 0 Å². The highest BCUT2D eigenvalue weighted by Gasteiger charge is 1.94. The van der Waals surface area contributed by atoms with Gasteiger partial charge in [-0.2, -0.15) is 0 Å². The maximum absolute atomic E-state index is 5.86. The number of fused-ring (bicyclic) bond motifs is 1. The molecular formula is C17H12ClN. The van der Waals surface area contributed by atoms with Crippen molar-refractivity contribution in [3.8, 4) is 0 Å². The number of benzene rings is 2. The van der Waals surface area contributed by atoms with Gasteiger partial charge in [-0.05, 0) is 35.9 Å². The van der Waals surface area contributed by atoms with Crippen LogP contribution in [0.1, 0.15) is 11.3 Å². The van der Waals surface area contributed by atoms with Crippen molar-refractivity contribution in [2.75, 3.05) is 0 Å². The van der Waals surface area contributed by atoms with Crippen molar-refractivity contribution in [1.29, 1.82) is 0 Å². The van der Waals surface area contributed by atoms with E-state index in [-0.39, 0.29) is 0 Å². The quantitative estimate of drug-likeness (QED) is 0.631. The van der Waals surface area contributed by atoms with Crippen LogP contribution >= 0.6 is 11.6 Å². The molecule has 0 aliphatic rings. The third kappa shape index (κ3) is 2.83. The smallest absolute Gasteiger partial charge is 0.0709 e. The predicted octanol–water partition coefficient (Wildman–Crippen LogP) is 5.06. The third-order valence-electron chi connectivity index (χ3n) is 2.94. The van der Waals surface area contributed by atoms with E-state index < -0.39 is 0 Å². The fourth-order valence-electron chi connectivity index (χ4n) is 1.93. The number of halogens is 1. The number of hydrogen-bond acceptors (Lipinski definition) is 1. The SMILES string of the molecule is Clc1ccc(/C=C/c2ccc3ccccc3n2)cc1. The first-order valence-corrected chi connectivity index (χ1v) is 6.48. The van der Waals surface area contributed by atoms with Crippen LogP contribution in [-0.4, -0.2) is 4.98 Å².